The van der Waals surface area contributed by atoms with Gasteiger partial charge in [-0.2, -0.15) is 0 Å². The van der Waals surface area contributed by atoms with Crippen LogP contribution in [0.25, 0.3) is 0 Å². The van der Waals surface area contributed by atoms with Crippen molar-refractivity contribution in [2.75, 3.05) is 36.4 Å². The van der Waals surface area contributed by atoms with Crippen molar-refractivity contribution in [2.45, 2.75) is 45.1 Å². The highest BCUT2D eigenvalue weighted by molar-refractivity contribution is 5.85. The quantitative estimate of drug-likeness (QED) is 0.871. The standard InChI is InChI=1S/C18H27N3O.2ClH/c1-15(22)20-13-9-17(10-14-20)19-16-5-7-18(8-6-16)21-11-3-2-4-12-21;;/h5-8,17,19H,2-4,9-14H2,1H3;2*1H. The Hall–Kier alpha value is -1.13. The molecule has 6 heteroatoms. The molecule has 0 radical (unpaired) electrons. The lowest BCUT2D eigenvalue weighted by molar-refractivity contribution is -0.129. The molecule has 1 aromatic rings. The van der Waals surface area contributed by atoms with Crippen molar-refractivity contribution < 1.29 is 4.79 Å². The first-order chi connectivity index (χ1) is 10.7. The minimum absolute atomic E-state index is 0. The maximum Gasteiger partial charge on any atom is 0.219 e. The lowest BCUT2D eigenvalue weighted by Crippen LogP contribution is -2.41. The van der Waals surface area contributed by atoms with Crippen LogP contribution in [0.2, 0.25) is 0 Å². The maximum absolute atomic E-state index is 11.4. The van der Waals surface area contributed by atoms with Crippen LogP contribution in [0.5, 0.6) is 0 Å². The van der Waals surface area contributed by atoms with Crippen LogP contribution >= 0.6 is 24.8 Å². The van der Waals surface area contributed by atoms with E-state index in [-0.39, 0.29) is 30.7 Å². The van der Waals surface area contributed by atoms with Gasteiger partial charge in [-0.15, -0.1) is 24.8 Å². The smallest absolute Gasteiger partial charge is 0.219 e. The number of hydrogen-bond donors (Lipinski definition) is 1. The minimum atomic E-state index is 0. The molecule has 3 rings (SSSR count). The maximum atomic E-state index is 11.4. The van der Waals surface area contributed by atoms with E-state index in [1.54, 1.807) is 6.92 Å². The average Bonchev–Trinajstić information content (AvgIpc) is 2.57. The van der Waals surface area contributed by atoms with Gasteiger partial charge in [-0.3, -0.25) is 4.79 Å². The summed E-state index contributed by atoms with van der Waals surface area (Å²) >= 11 is 0. The van der Waals surface area contributed by atoms with Crippen LogP contribution in [0.15, 0.2) is 24.3 Å². The summed E-state index contributed by atoms with van der Waals surface area (Å²) in [5, 5.41) is 3.61. The van der Waals surface area contributed by atoms with Gasteiger partial charge in [0.15, 0.2) is 0 Å². The molecule has 24 heavy (non-hydrogen) atoms. The molecule has 0 unspecified atom stereocenters. The van der Waals surface area contributed by atoms with E-state index in [1.165, 1.54) is 43.7 Å². The normalized spacial score (nSPS) is 18.4. The van der Waals surface area contributed by atoms with Crippen LogP contribution in [0.4, 0.5) is 11.4 Å². The Bertz CT molecular complexity index is 495. The summed E-state index contributed by atoms with van der Waals surface area (Å²) in [6.45, 7) is 5.79. The molecule has 2 fully saturated rings. The molecule has 1 amide bonds. The Morgan fingerprint density at radius 1 is 0.958 bits per heavy atom. The minimum Gasteiger partial charge on any atom is -0.382 e. The van der Waals surface area contributed by atoms with E-state index in [9.17, 15) is 4.79 Å². The zero-order chi connectivity index (χ0) is 15.4. The van der Waals surface area contributed by atoms with Crippen LogP contribution in [0.1, 0.15) is 39.0 Å². The van der Waals surface area contributed by atoms with E-state index in [0.717, 1.165) is 25.9 Å². The molecule has 2 aliphatic rings. The summed E-state index contributed by atoms with van der Waals surface area (Å²) in [6.07, 6.45) is 6.07. The Balaban J connectivity index is 0.00000144. The predicted octanol–water partition coefficient (Wildman–Crippen LogP) is 3.94. The number of carbonyl (C=O) groups is 1. The Labute approximate surface area is 157 Å². The summed E-state index contributed by atoms with van der Waals surface area (Å²) < 4.78 is 0. The molecule has 4 nitrogen and oxygen atoms in total. The van der Waals surface area contributed by atoms with Crippen molar-refractivity contribution in [3.8, 4) is 0 Å². The zero-order valence-corrected chi connectivity index (χ0v) is 16.0. The van der Waals surface area contributed by atoms with Gasteiger partial charge >= 0.3 is 0 Å². The molecule has 1 aromatic carbocycles. The molecule has 0 aliphatic carbocycles. The van der Waals surface area contributed by atoms with Gasteiger partial charge in [0.25, 0.3) is 0 Å². The van der Waals surface area contributed by atoms with E-state index in [2.05, 4.69) is 34.5 Å². The Morgan fingerprint density at radius 3 is 2.08 bits per heavy atom. The van der Waals surface area contributed by atoms with E-state index >= 15 is 0 Å². The van der Waals surface area contributed by atoms with Crippen molar-refractivity contribution in [1.29, 1.82) is 0 Å². The SMILES string of the molecule is CC(=O)N1CCC(Nc2ccc(N3CCCCC3)cc2)CC1.Cl.Cl. The van der Waals surface area contributed by atoms with Crippen LogP contribution in [-0.4, -0.2) is 43.0 Å². The monoisotopic (exact) mass is 373 g/mol. The number of benzene rings is 1. The van der Waals surface area contributed by atoms with Crippen LogP contribution in [-0.2, 0) is 4.79 Å². The van der Waals surface area contributed by atoms with Gasteiger partial charge in [0.1, 0.15) is 0 Å². The fourth-order valence-corrected chi connectivity index (χ4v) is 3.50. The van der Waals surface area contributed by atoms with E-state index in [4.69, 9.17) is 0 Å². The lowest BCUT2D eigenvalue weighted by Gasteiger charge is -2.32. The van der Waals surface area contributed by atoms with Gasteiger partial charge in [0.05, 0.1) is 0 Å². The molecule has 136 valence electrons. The third kappa shape index (κ3) is 5.45. The van der Waals surface area contributed by atoms with Crippen molar-refractivity contribution >= 4 is 42.1 Å². The lowest BCUT2D eigenvalue weighted by atomic mass is 10.0. The highest BCUT2D eigenvalue weighted by Crippen LogP contribution is 2.23. The van der Waals surface area contributed by atoms with Gasteiger partial charge < -0.3 is 15.1 Å². The summed E-state index contributed by atoms with van der Waals surface area (Å²) in [7, 11) is 0. The first-order valence-electron chi connectivity index (χ1n) is 8.59. The highest BCUT2D eigenvalue weighted by Gasteiger charge is 2.20. The predicted molar refractivity (Wildman–Crippen MR) is 106 cm³/mol. The third-order valence-electron chi connectivity index (χ3n) is 4.90. The number of piperidine rings is 2. The first kappa shape index (κ1) is 20.9. The van der Waals surface area contributed by atoms with E-state index in [1.807, 2.05) is 4.90 Å². The second-order valence-electron chi connectivity index (χ2n) is 6.52. The fourth-order valence-electron chi connectivity index (χ4n) is 3.50. The molecule has 2 saturated heterocycles. The van der Waals surface area contributed by atoms with E-state index < -0.39 is 0 Å². The molecule has 0 atom stereocenters. The van der Waals surface area contributed by atoms with Gasteiger partial charge in [-0.25, -0.2) is 0 Å². The number of nitrogens with zero attached hydrogens (tertiary/aromatic N) is 2. The van der Waals surface area contributed by atoms with Gasteiger partial charge in [0, 0.05) is 50.5 Å². The number of carbonyl (C=O) groups excluding carboxylic acids is 1. The number of hydrogen-bond acceptors (Lipinski definition) is 3. The van der Waals surface area contributed by atoms with Crippen LogP contribution in [0.3, 0.4) is 0 Å². The molecular formula is C18H29Cl2N3O. The van der Waals surface area contributed by atoms with Crippen molar-refractivity contribution in [3.63, 3.8) is 0 Å². The molecule has 0 spiro atoms. The molecule has 0 bridgehead atoms. The molecule has 2 heterocycles. The zero-order valence-electron chi connectivity index (χ0n) is 14.4. The largest absolute Gasteiger partial charge is 0.382 e. The number of amides is 1. The van der Waals surface area contributed by atoms with Gasteiger partial charge in [-0.1, -0.05) is 0 Å². The molecule has 0 saturated carbocycles. The number of nitrogens with one attached hydrogen (secondary N) is 1. The second-order valence-corrected chi connectivity index (χ2v) is 6.52. The first-order valence-corrected chi connectivity index (χ1v) is 8.59. The fraction of sp³-hybridized carbons (Fsp3) is 0.611. The van der Waals surface area contributed by atoms with Crippen molar-refractivity contribution in [1.82, 2.24) is 4.90 Å². The number of likely N-dealkylation sites (tertiary alicyclic amines) is 1. The van der Waals surface area contributed by atoms with Crippen LogP contribution in [0, 0.1) is 0 Å². The van der Waals surface area contributed by atoms with Gasteiger partial charge in [0.2, 0.25) is 5.91 Å². The summed E-state index contributed by atoms with van der Waals surface area (Å²) in [6, 6.07) is 9.34. The molecular weight excluding hydrogens is 345 g/mol. The number of rotatable bonds is 3. The molecule has 2 aliphatic heterocycles. The Morgan fingerprint density at radius 2 is 1.54 bits per heavy atom. The summed E-state index contributed by atoms with van der Waals surface area (Å²) in [5.74, 6) is 0.198. The highest BCUT2D eigenvalue weighted by atomic mass is 35.5. The molecule has 0 aromatic heterocycles. The van der Waals surface area contributed by atoms with E-state index in [0.29, 0.717) is 6.04 Å². The van der Waals surface area contributed by atoms with Gasteiger partial charge in [-0.05, 0) is 56.4 Å². The average molecular weight is 374 g/mol. The summed E-state index contributed by atoms with van der Waals surface area (Å²) in [4.78, 5) is 15.8. The summed E-state index contributed by atoms with van der Waals surface area (Å²) in [5.41, 5.74) is 2.54. The second kappa shape index (κ2) is 10.00. The number of anilines is 2. The van der Waals surface area contributed by atoms with Crippen molar-refractivity contribution in [2.24, 2.45) is 0 Å². The molecule has 1 N–H and O–H groups in total. The van der Waals surface area contributed by atoms with Crippen LogP contribution < -0.4 is 10.2 Å². The topological polar surface area (TPSA) is 35.6 Å². The third-order valence-corrected chi connectivity index (χ3v) is 4.90. The number of halogens is 2. The Kier molecular flexibility index (Phi) is 8.71. The van der Waals surface area contributed by atoms with Crippen molar-refractivity contribution in [3.05, 3.63) is 24.3 Å².